The molecule has 1 nitrogen and oxygen atoms in total. The summed E-state index contributed by atoms with van der Waals surface area (Å²) in [7, 11) is 2.21. The van der Waals surface area contributed by atoms with E-state index in [0.717, 1.165) is 0 Å². The van der Waals surface area contributed by atoms with Gasteiger partial charge in [0.25, 0.3) is 0 Å². The molecule has 1 heterocycles. The maximum absolute atomic E-state index is 2.39. The van der Waals surface area contributed by atoms with Gasteiger partial charge in [0, 0.05) is 23.6 Å². The minimum Gasteiger partial charge on any atom is -0.347 e. The van der Waals surface area contributed by atoms with Crippen molar-refractivity contribution in [1.29, 1.82) is 0 Å². The van der Waals surface area contributed by atoms with Gasteiger partial charge in [0.15, 0.2) is 0 Å². The lowest BCUT2D eigenvalue weighted by Crippen LogP contribution is -2.02. The van der Waals surface area contributed by atoms with Crippen LogP contribution in [0, 0.1) is 0 Å². The number of hydrogen-bond acceptors (Lipinski definition) is 0. The second-order valence-electron chi connectivity index (χ2n) is 6.35. The van der Waals surface area contributed by atoms with Gasteiger partial charge in [-0.05, 0) is 34.2 Å². The molecule has 2 aromatic carbocycles. The molecular formula is C19H23N. The summed E-state index contributed by atoms with van der Waals surface area (Å²) >= 11 is 0. The van der Waals surface area contributed by atoms with Crippen molar-refractivity contribution in [3.8, 4) is 0 Å². The van der Waals surface area contributed by atoms with Crippen LogP contribution in [-0.4, -0.2) is 4.57 Å². The molecule has 104 valence electrons. The molecule has 0 bridgehead atoms. The minimum atomic E-state index is 0.543. The fraction of sp³-hybridized carbons (Fsp3) is 0.368. The zero-order chi connectivity index (χ0) is 14.4. The number of nitrogens with zero attached hydrogens (tertiary/aromatic N) is 1. The van der Waals surface area contributed by atoms with Gasteiger partial charge in [0.05, 0.1) is 0 Å². The normalized spacial score (nSPS) is 12.2. The standard InChI is InChI=1S/C19H23N/c1-12(2)17-18-15-9-7-6-8-14(15)10-11-16(18)20(5)19(17)13(3)4/h6-13H,1-5H3. The number of fused-ring (bicyclic) bond motifs is 3. The maximum Gasteiger partial charge on any atom is 0.0489 e. The van der Waals surface area contributed by atoms with E-state index in [1.807, 2.05) is 0 Å². The van der Waals surface area contributed by atoms with E-state index in [9.17, 15) is 0 Å². The molecule has 0 aliphatic rings. The first-order valence-corrected chi connectivity index (χ1v) is 7.52. The molecular weight excluding hydrogens is 242 g/mol. The highest BCUT2D eigenvalue weighted by atomic mass is 15.0. The second-order valence-corrected chi connectivity index (χ2v) is 6.35. The summed E-state index contributed by atoms with van der Waals surface area (Å²) < 4.78 is 2.39. The Labute approximate surface area is 121 Å². The zero-order valence-corrected chi connectivity index (χ0v) is 13.1. The summed E-state index contributed by atoms with van der Waals surface area (Å²) in [5, 5.41) is 4.17. The van der Waals surface area contributed by atoms with Crippen molar-refractivity contribution >= 4 is 21.7 Å². The number of benzene rings is 2. The minimum absolute atomic E-state index is 0.543. The van der Waals surface area contributed by atoms with Crippen LogP contribution in [-0.2, 0) is 7.05 Å². The van der Waals surface area contributed by atoms with Crippen molar-refractivity contribution in [1.82, 2.24) is 4.57 Å². The second kappa shape index (κ2) is 4.66. The first kappa shape index (κ1) is 13.2. The number of hydrogen-bond donors (Lipinski definition) is 0. The summed E-state index contributed by atoms with van der Waals surface area (Å²) in [6, 6.07) is 13.2. The maximum atomic E-state index is 2.39. The predicted octanol–water partition coefficient (Wildman–Crippen LogP) is 5.58. The van der Waals surface area contributed by atoms with Gasteiger partial charge in [-0.25, -0.2) is 0 Å². The van der Waals surface area contributed by atoms with Crippen LogP contribution >= 0.6 is 0 Å². The quantitative estimate of drug-likeness (QED) is 0.570. The molecule has 0 aliphatic heterocycles. The third-order valence-corrected chi connectivity index (χ3v) is 4.30. The van der Waals surface area contributed by atoms with E-state index in [0.29, 0.717) is 11.8 Å². The largest absolute Gasteiger partial charge is 0.347 e. The lowest BCUT2D eigenvalue weighted by atomic mass is 9.92. The molecule has 1 aromatic heterocycles. The molecule has 0 unspecified atom stereocenters. The van der Waals surface area contributed by atoms with E-state index >= 15 is 0 Å². The van der Waals surface area contributed by atoms with Gasteiger partial charge in [-0.3, -0.25) is 0 Å². The van der Waals surface area contributed by atoms with Crippen LogP contribution in [0.15, 0.2) is 36.4 Å². The van der Waals surface area contributed by atoms with E-state index in [2.05, 4.69) is 75.7 Å². The van der Waals surface area contributed by atoms with E-state index in [4.69, 9.17) is 0 Å². The van der Waals surface area contributed by atoms with Crippen LogP contribution in [0.4, 0.5) is 0 Å². The first-order valence-electron chi connectivity index (χ1n) is 7.52. The molecule has 3 rings (SSSR count). The zero-order valence-electron chi connectivity index (χ0n) is 13.1. The molecule has 0 saturated heterocycles. The Bertz CT molecular complexity index is 775. The number of aromatic nitrogens is 1. The van der Waals surface area contributed by atoms with Crippen molar-refractivity contribution in [3.63, 3.8) is 0 Å². The van der Waals surface area contributed by atoms with Crippen LogP contribution < -0.4 is 0 Å². The predicted molar refractivity (Wildman–Crippen MR) is 88.6 cm³/mol. The van der Waals surface area contributed by atoms with E-state index in [1.54, 1.807) is 0 Å². The highest BCUT2D eigenvalue weighted by molar-refractivity contribution is 6.09. The molecule has 1 heteroatoms. The van der Waals surface area contributed by atoms with Gasteiger partial charge in [-0.2, -0.15) is 0 Å². The molecule has 0 radical (unpaired) electrons. The summed E-state index contributed by atoms with van der Waals surface area (Å²) in [6.07, 6.45) is 0. The summed E-state index contributed by atoms with van der Waals surface area (Å²) in [5.74, 6) is 1.09. The molecule has 0 atom stereocenters. The summed E-state index contributed by atoms with van der Waals surface area (Å²) in [5.41, 5.74) is 4.36. The SMILES string of the molecule is CC(C)c1c(C(C)C)n(C)c2ccc3ccccc3c12. The van der Waals surface area contributed by atoms with Gasteiger partial charge in [0.1, 0.15) is 0 Å². The monoisotopic (exact) mass is 265 g/mol. The summed E-state index contributed by atoms with van der Waals surface area (Å²) in [4.78, 5) is 0. The van der Waals surface area contributed by atoms with Crippen molar-refractivity contribution < 1.29 is 0 Å². The van der Waals surface area contributed by atoms with Crippen molar-refractivity contribution in [2.24, 2.45) is 7.05 Å². The van der Waals surface area contributed by atoms with E-state index < -0.39 is 0 Å². The third kappa shape index (κ3) is 1.76. The van der Waals surface area contributed by atoms with Gasteiger partial charge in [0.2, 0.25) is 0 Å². The smallest absolute Gasteiger partial charge is 0.0489 e. The topological polar surface area (TPSA) is 4.93 Å². The molecule has 20 heavy (non-hydrogen) atoms. The fourth-order valence-electron chi connectivity index (χ4n) is 3.54. The molecule has 0 N–H and O–H groups in total. The third-order valence-electron chi connectivity index (χ3n) is 4.30. The molecule has 0 fully saturated rings. The van der Waals surface area contributed by atoms with Gasteiger partial charge >= 0.3 is 0 Å². The molecule has 3 aromatic rings. The van der Waals surface area contributed by atoms with Crippen molar-refractivity contribution in [2.45, 2.75) is 39.5 Å². The van der Waals surface area contributed by atoms with Crippen molar-refractivity contribution in [3.05, 3.63) is 47.7 Å². The fourth-order valence-corrected chi connectivity index (χ4v) is 3.54. The van der Waals surface area contributed by atoms with Gasteiger partial charge in [-0.1, -0.05) is 58.0 Å². The number of rotatable bonds is 2. The lowest BCUT2D eigenvalue weighted by Gasteiger charge is -2.14. The average molecular weight is 265 g/mol. The molecule has 0 amide bonds. The van der Waals surface area contributed by atoms with Gasteiger partial charge < -0.3 is 4.57 Å². The highest BCUT2D eigenvalue weighted by Crippen LogP contribution is 2.39. The number of aryl methyl sites for hydroxylation is 1. The van der Waals surface area contributed by atoms with Crippen LogP contribution in [0.2, 0.25) is 0 Å². The van der Waals surface area contributed by atoms with Crippen LogP contribution in [0.5, 0.6) is 0 Å². The molecule has 0 aliphatic carbocycles. The summed E-state index contributed by atoms with van der Waals surface area (Å²) in [6.45, 7) is 9.20. The Morgan fingerprint density at radius 1 is 0.850 bits per heavy atom. The Morgan fingerprint density at radius 3 is 2.20 bits per heavy atom. The Balaban J connectivity index is 2.57. The highest BCUT2D eigenvalue weighted by Gasteiger charge is 2.21. The molecule has 0 spiro atoms. The Hall–Kier alpha value is -1.76. The van der Waals surface area contributed by atoms with Gasteiger partial charge in [-0.15, -0.1) is 0 Å². The van der Waals surface area contributed by atoms with Crippen LogP contribution in [0.1, 0.15) is 50.8 Å². The van der Waals surface area contributed by atoms with Crippen LogP contribution in [0.3, 0.4) is 0 Å². The van der Waals surface area contributed by atoms with Crippen molar-refractivity contribution in [2.75, 3.05) is 0 Å². The van der Waals surface area contributed by atoms with E-state index in [-0.39, 0.29) is 0 Å². The first-order chi connectivity index (χ1) is 9.52. The Morgan fingerprint density at radius 2 is 1.55 bits per heavy atom. The lowest BCUT2D eigenvalue weighted by molar-refractivity contribution is 0.720. The van der Waals surface area contributed by atoms with E-state index in [1.165, 1.54) is 32.9 Å². The Kier molecular flexibility index (Phi) is 3.08. The van der Waals surface area contributed by atoms with Crippen LogP contribution in [0.25, 0.3) is 21.7 Å². The average Bonchev–Trinajstić information content (AvgIpc) is 2.73. The molecule has 0 saturated carbocycles.